The molecule has 0 bridgehead atoms. The van der Waals surface area contributed by atoms with E-state index in [1.165, 1.54) is 11.1 Å². The fourth-order valence-electron chi connectivity index (χ4n) is 7.00. The second kappa shape index (κ2) is 16.9. The van der Waals surface area contributed by atoms with E-state index in [1.54, 1.807) is 0 Å². The van der Waals surface area contributed by atoms with Crippen molar-refractivity contribution in [3.05, 3.63) is 143 Å². The Labute approximate surface area is 302 Å². The maximum absolute atomic E-state index is 13.1. The number of nitrogens with zero attached hydrogens (tertiary/aromatic N) is 2. The third kappa shape index (κ3) is 9.27. The molecule has 2 aliphatic heterocycles. The number of nitrogens with one attached hydrogen (secondary N) is 1. The largest absolute Gasteiger partial charge is 0.471 e. The molecule has 5 atom stereocenters. The molecule has 11 heteroatoms. The van der Waals surface area contributed by atoms with Gasteiger partial charge < -0.3 is 24.8 Å². The Morgan fingerprint density at radius 2 is 1.38 bits per heavy atom. The molecule has 52 heavy (non-hydrogen) atoms. The van der Waals surface area contributed by atoms with Crippen molar-refractivity contribution >= 4 is 11.8 Å². The van der Waals surface area contributed by atoms with Crippen LogP contribution in [-0.4, -0.2) is 58.1 Å². The van der Waals surface area contributed by atoms with Crippen LogP contribution in [0.1, 0.15) is 65.5 Å². The summed E-state index contributed by atoms with van der Waals surface area (Å²) >= 11 is 0. The van der Waals surface area contributed by atoms with Gasteiger partial charge in [-0.2, -0.15) is 13.2 Å². The molecule has 6 rings (SSSR count). The first-order chi connectivity index (χ1) is 25.1. The van der Waals surface area contributed by atoms with Crippen LogP contribution in [0, 0.1) is 5.92 Å². The van der Waals surface area contributed by atoms with E-state index in [-0.39, 0.29) is 44.2 Å². The highest BCUT2D eigenvalue weighted by Crippen LogP contribution is 2.42. The van der Waals surface area contributed by atoms with Gasteiger partial charge in [-0.1, -0.05) is 116 Å². The third-order valence-corrected chi connectivity index (χ3v) is 9.84. The quantitative estimate of drug-likeness (QED) is 0.167. The number of hydrogen-bond donors (Lipinski definition) is 2. The standard InChI is InChI=1S/C41H44F3N3O5/c1-28-36(26-46(24-30-9-4-2-5-10-30)25-31-11-6-3-7-12-31)51-39(52-37(28)33-18-16-32(27-48)17-19-33)34-20-14-29(15-21-34)23-45-38(49)35-13-8-22-47(35)40(50)41(42,43)44/h2-7,9-12,14-21,28,35-37,39,48H,8,13,22-27H2,1H3,(H,45,49)/t28-,35+,36+,37+,39+/m1/s1. The van der Waals surface area contributed by atoms with Crippen molar-refractivity contribution in [3.63, 3.8) is 0 Å². The number of rotatable bonds is 12. The SMILES string of the molecule is C[C@@H]1[C@H](CN(Cc2ccccc2)Cc2ccccc2)O[C@H](c2ccc(CNC(=O)[C@@H]3CCCN3C(=O)C(F)(F)F)cc2)O[C@@H]1c1ccc(CO)cc1. The van der Waals surface area contributed by atoms with E-state index in [9.17, 15) is 27.9 Å². The van der Waals surface area contributed by atoms with Crippen LogP contribution in [-0.2, 0) is 45.3 Å². The predicted octanol–water partition coefficient (Wildman–Crippen LogP) is 6.84. The van der Waals surface area contributed by atoms with Gasteiger partial charge in [-0.3, -0.25) is 14.5 Å². The van der Waals surface area contributed by atoms with Crippen molar-refractivity contribution < 1.29 is 37.3 Å². The fourth-order valence-corrected chi connectivity index (χ4v) is 7.00. The summed E-state index contributed by atoms with van der Waals surface area (Å²) in [5.74, 6) is -2.62. The van der Waals surface area contributed by atoms with Crippen LogP contribution in [0.4, 0.5) is 13.2 Å². The topological polar surface area (TPSA) is 91.3 Å². The molecule has 4 aromatic rings. The van der Waals surface area contributed by atoms with Crippen molar-refractivity contribution in [3.8, 4) is 0 Å². The summed E-state index contributed by atoms with van der Waals surface area (Å²) in [6.45, 7) is 4.16. The number of aliphatic hydroxyl groups is 1. The molecule has 0 aliphatic carbocycles. The molecule has 0 saturated carbocycles. The molecule has 2 aliphatic rings. The van der Waals surface area contributed by atoms with Gasteiger partial charge in [0.2, 0.25) is 5.91 Å². The lowest BCUT2D eigenvalue weighted by Gasteiger charge is -2.43. The van der Waals surface area contributed by atoms with Crippen LogP contribution < -0.4 is 5.32 Å². The van der Waals surface area contributed by atoms with E-state index in [0.29, 0.717) is 17.9 Å². The summed E-state index contributed by atoms with van der Waals surface area (Å²) in [6.07, 6.45) is -5.74. The Balaban J connectivity index is 1.19. The lowest BCUT2D eigenvalue weighted by atomic mass is 9.89. The van der Waals surface area contributed by atoms with Crippen molar-refractivity contribution in [2.75, 3.05) is 13.1 Å². The smallest absolute Gasteiger partial charge is 0.392 e. The first kappa shape index (κ1) is 37.2. The zero-order chi connectivity index (χ0) is 36.7. The van der Waals surface area contributed by atoms with Gasteiger partial charge in [0.1, 0.15) is 6.04 Å². The fraction of sp³-hybridized carbons (Fsp3) is 0.366. The number of hydrogen-bond acceptors (Lipinski definition) is 6. The Kier molecular flexibility index (Phi) is 12.1. The van der Waals surface area contributed by atoms with E-state index in [1.807, 2.05) is 84.9 Å². The Bertz CT molecular complexity index is 1720. The highest BCUT2D eigenvalue weighted by atomic mass is 19.4. The number of halogens is 3. The minimum absolute atomic E-state index is 0.0286. The summed E-state index contributed by atoms with van der Waals surface area (Å²) in [4.78, 5) is 27.7. The van der Waals surface area contributed by atoms with Gasteiger partial charge >= 0.3 is 12.1 Å². The summed E-state index contributed by atoms with van der Waals surface area (Å²) in [7, 11) is 0. The van der Waals surface area contributed by atoms with Gasteiger partial charge in [-0.15, -0.1) is 0 Å². The number of carbonyl (C=O) groups excluding carboxylic acids is 2. The molecule has 0 unspecified atom stereocenters. The minimum atomic E-state index is -5.03. The Morgan fingerprint density at radius 1 is 0.808 bits per heavy atom. The number of alkyl halides is 3. The maximum atomic E-state index is 13.1. The number of ether oxygens (including phenoxy) is 2. The minimum Gasteiger partial charge on any atom is -0.392 e. The third-order valence-electron chi connectivity index (χ3n) is 9.84. The van der Waals surface area contributed by atoms with Crippen LogP contribution in [0.25, 0.3) is 0 Å². The lowest BCUT2D eigenvalue weighted by Crippen LogP contribution is -2.50. The van der Waals surface area contributed by atoms with Crippen LogP contribution >= 0.6 is 0 Å². The van der Waals surface area contributed by atoms with Crippen LogP contribution in [0.3, 0.4) is 0 Å². The highest BCUT2D eigenvalue weighted by molar-refractivity contribution is 5.90. The maximum Gasteiger partial charge on any atom is 0.471 e. The number of carbonyl (C=O) groups is 2. The molecule has 2 heterocycles. The van der Waals surface area contributed by atoms with Gasteiger partial charge in [-0.05, 0) is 40.7 Å². The predicted molar refractivity (Wildman–Crippen MR) is 189 cm³/mol. The molecule has 2 fully saturated rings. The molecule has 274 valence electrons. The highest BCUT2D eigenvalue weighted by Gasteiger charge is 2.47. The zero-order valence-electron chi connectivity index (χ0n) is 29.0. The number of likely N-dealkylation sites (tertiary alicyclic amines) is 1. The van der Waals surface area contributed by atoms with Gasteiger partial charge in [0, 0.05) is 44.2 Å². The van der Waals surface area contributed by atoms with Gasteiger partial charge in [0.05, 0.1) is 18.8 Å². The molecule has 4 aromatic carbocycles. The molecule has 2 amide bonds. The number of amides is 2. The number of benzene rings is 4. The second-order valence-corrected chi connectivity index (χ2v) is 13.6. The molecular weight excluding hydrogens is 671 g/mol. The van der Waals surface area contributed by atoms with E-state index < -0.39 is 30.3 Å². The summed E-state index contributed by atoms with van der Waals surface area (Å²) in [5.41, 5.74) is 5.69. The summed E-state index contributed by atoms with van der Waals surface area (Å²) < 4.78 is 52.6. The average molecular weight is 716 g/mol. The van der Waals surface area contributed by atoms with Crippen molar-refractivity contribution in [1.29, 1.82) is 0 Å². The molecule has 8 nitrogen and oxygen atoms in total. The van der Waals surface area contributed by atoms with Gasteiger partial charge in [0.15, 0.2) is 6.29 Å². The lowest BCUT2D eigenvalue weighted by molar-refractivity contribution is -0.276. The van der Waals surface area contributed by atoms with E-state index in [4.69, 9.17) is 9.47 Å². The molecule has 0 aromatic heterocycles. The van der Waals surface area contributed by atoms with Gasteiger partial charge in [0.25, 0.3) is 0 Å². The molecular formula is C41H44F3N3O5. The Hall–Kier alpha value is -4.55. The Morgan fingerprint density at radius 3 is 1.96 bits per heavy atom. The molecule has 2 N–H and O–H groups in total. The molecule has 0 spiro atoms. The summed E-state index contributed by atoms with van der Waals surface area (Å²) in [6, 6.07) is 34.7. The average Bonchev–Trinajstić information content (AvgIpc) is 3.65. The zero-order valence-corrected chi connectivity index (χ0v) is 29.0. The monoisotopic (exact) mass is 715 g/mol. The second-order valence-electron chi connectivity index (χ2n) is 13.6. The summed E-state index contributed by atoms with van der Waals surface area (Å²) in [5, 5.41) is 12.3. The first-order valence-corrected chi connectivity index (χ1v) is 17.6. The first-order valence-electron chi connectivity index (χ1n) is 17.6. The van der Waals surface area contributed by atoms with Crippen molar-refractivity contribution in [1.82, 2.24) is 15.1 Å². The number of aliphatic hydroxyl groups excluding tert-OH is 1. The van der Waals surface area contributed by atoms with Crippen molar-refractivity contribution in [2.45, 2.75) is 76.7 Å². The van der Waals surface area contributed by atoms with Crippen LogP contribution in [0.5, 0.6) is 0 Å². The van der Waals surface area contributed by atoms with E-state index in [0.717, 1.165) is 35.3 Å². The van der Waals surface area contributed by atoms with E-state index in [2.05, 4.69) is 41.4 Å². The molecule has 2 saturated heterocycles. The van der Waals surface area contributed by atoms with Crippen molar-refractivity contribution in [2.24, 2.45) is 5.92 Å². The van der Waals surface area contributed by atoms with Crippen LogP contribution in [0.15, 0.2) is 109 Å². The van der Waals surface area contributed by atoms with Crippen LogP contribution in [0.2, 0.25) is 0 Å². The molecule has 0 radical (unpaired) electrons. The van der Waals surface area contributed by atoms with Gasteiger partial charge in [-0.25, -0.2) is 0 Å². The van der Waals surface area contributed by atoms with E-state index >= 15 is 0 Å². The normalized spacial score (nSPS) is 22.0.